The van der Waals surface area contributed by atoms with Gasteiger partial charge in [0.1, 0.15) is 11.5 Å². The third-order valence-electron chi connectivity index (χ3n) is 6.28. The molecule has 186 valence electrons. The molecule has 0 saturated carbocycles. The second-order valence-electron chi connectivity index (χ2n) is 9.40. The Balaban J connectivity index is 1.93. The number of aliphatic hydroxyl groups excluding tert-OH is 1. The van der Waals surface area contributed by atoms with Crippen LogP contribution < -0.4 is 14.8 Å². The number of rotatable bonds is 7. The lowest BCUT2D eigenvalue weighted by atomic mass is 9.99. The van der Waals surface area contributed by atoms with Crippen LogP contribution in [0, 0.1) is 0 Å². The zero-order chi connectivity index (χ0) is 24.3. The van der Waals surface area contributed by atoms with Crippen molar-refractivity contribution >= 4 is 5.91 Å². The monoisotopic (exact) mass is 468 g/mol. The van der Waals surface area contributed by atoms with Crippen LogP contribution in [0.25, 0.3) is 0 Å². The SMILES string of the molecule is COc1ccc(C(C)C)cc1CN1CC(=O)NCCCCCOc2ccc(CCCO)cc2C1. The molecule has 0 bridgehead atoms. The molecule has 2 aromatic carbocycles. The third-order valence-corrected chi connectivity index (χ3v) is 6.28. The van der Waals surface area contributed by atoms with E-state index in [1.165, 1.54) is 11.1 Å². The third kappa shape index (κ3) is 7.74. The van der Waals surface area contributed by atoms with E-state index in [9.17, 15) is 9.90 Å². The van der Waals surface area contributed by atoms with Crippen LogP contribution >= 0.6 is 0 Å². The lowest BCUT2D eigenvalue weighted by Gasteiger charge is -2.25. The summed E-state index contributed by atoms with van der Waals surface area (Å²) in [6, 6.07) is 12.6. The van der Waals surface area contributed by atoms with E-state index in [1.807, 2.05) is 12.1 Å². The Morgan fingerprint density at radius 2 is 1.97 bits per heavy atom. The van der Waals surface area contributed by atoms with Gasteiger partial charge in [-0.25, -0.2) is 0 Å². The average molecular weight is 469 g/mol. The van der Waals surface area contributed by atoms with Crippen molar-refractivity contribution in [1.82, 2.24) is 10.2 Å². The molecule has 6 heteroatoms. The molecule has 0 saturated heterocycles. The van der Waals surface area contributed by atoms with Gasteiger partial charge < -0.3 is 19.9 Å². The summed E-state index contributed by atoms with van der Waals surface area (Å²) >= 11 is 0. The summed E-state index contributed by atoms with van der Waals surface area (Å²) in [4.78, 5) is 15.0. The number of nitrogens with zero attached hydrogens (tertiary/aromatic N) is 1. The highest BCUT2D eigenvalue weighted by Gasteiger charge is 2.18. The van der Waals surface area contributed by atoms with Crippen molar-refractivity contribution < 1.29 is 19.4 Å². The minimum absolute atomic E-state index is 0.0390. The molecule has 0 unspecified atom stereocenters. The van der Waals surface area contributed by atoms with Crippen molar-refractivity contribution in [3.8, 4) is 11.5 Å². The van der Waals surface area contributed by atoms with Crippen molar-refractivity contribution in [2.24, 2.45) is 0 Å². The van der Waals surface area contributed by atoms with Crippen LogP contribution in [0.4, 0.5) is 0 Å². The minimum Gasteiger partial charge on any atom is -0.496 e. The zero-order valence-electron chi connectivity index (χ0n) is 20.9. The maximum absolute atomic E-state index is 12.8. The maximum Gasteiger partial charge on any atom is 0.234 e. The number of aryl methyl sites for hydroxylation is 1. The minimum atomic E-state index is 0.0390. The molecule has 2 aromatic rings. The fraction of sp³-hybridized carbons (Fsp3) is 0.536. The average Bonchev–Trinajstić information content (AvgIpc) is 2.83. The maximum atomic E-state index is 12.8. The van der Waals surface area contributed by atoms with Gasteiger partial charge in [-0.1, -0.05) is 38.1 Å². The smallest absolute Gasteiger partial charge is 0.234 e. The molecule has 0 aromatic heterocycles. The normalized spacial score (nSPS) is 16.0. The van der Waals surface area contributed by atoms with Crippen LogP contribution in [0.2, 0.25) is 0 Å². The summed E-state index contributed by atoms with van der Waals surface area (Å²) in [7, 11) is 1.69. The summed E-state index contributed by atoms with van der Waals surface area (Å²) in [6.45, 7) is 7.38. The van der Waals surface area contributed by atoms with Crippen LogP contribution in [0.5, 0.6) is 11.5 Å². The molecule has 0 radical (unpaired) electrons. The molecular formula is C28H40N2O4. The Hall–Kier alpha value is -2.57. The van der Waals surface area contributed by atoms with E-state index in [2.05, 4.69) is 48.3 Å². The summed E-state index contributed by atoms with van der Waals surface area (Å²) in [5, 5.41) is 12.3. The first-order valence-corrected chi connectivity index (χ1v) is 12.5. The highest BCUT2D eigenvalue weighted by atomic mass is 16.5. The van der Waals surface area contributed by atoms with E-state index in [-0.39, 0.29) is 12.5 Å². The number of benzene rings is 2. The van der Waals surface area contributed by atoms with E-state index < -0.39 is 0 Å². The molecule has 0 aliphatic carbocycles. The molecule has 34 heavy (non-hydrogen) atoms. The highest BCUT2D eigenvalue weighted by Crippen LogP contribution is 2.28. The van der Waals surface area contributed by atoms with E-state index in [0.29, 0.717) is 38.7 Å². The number of nitrogens with one attached hydrogen (secondary N) is 1. The Morgan fingerprint density at radius 1 is 1.12 bits per heavy atom. The first-order chi connectivity index (χ1) is 16.5. The van der Waals surface area contributed by atoms with E-state index in [0.717, 1.165) is 54.7 Å². The van der Waals surface area contributed by atoms with Gasteiger partial charge in [-0.3, -0.25) is 9.69 Å². The van der Waals surface area contributed by atoms with Crippen LogP contribution in [0.15, 0.2) is 36.4 Å². The van der Waals surface area contributed by atoms with Crippen molar-refractivity contribution in [2.45, 2.75) is 65.0 Å². The molecule has 1 aliphatic heterocycles. The summed E-state index contributed by atoms with van der Waals surface area (Å²) in [5.41, 5.74) is 4.57. The van der Waals surface area contributed by atoms with E-state index in [4.69, 9.17) is 9.47 Å². The van der Waals surface area contributed by atoms with Gasteiger partial charge in [0.05, 0.1) is 20.3 Å². The predicted octanol–water partition coefficient (Wildman–Crippen LogP) is 4.42. The Bertz CT molecular complexity index is 929. The summed E-state index contributed by atoms with van der Waals surface area (Å²) < 4.78 is 11.8. The van der Waals surface area contributed by atoms with Gasteiger partial charge in [-0.05, 0) is 61.3 Å². The van der Waals surface area contributed by atoms with Gasteiger partial charge in [0, 0.05) is 37.4 Å². The quantitative estimate of drug-likeness (QED) is 0.629. The number of aliphatic hydroxyl groups is 1. The van der Waals surface area contributed by atoms with Crippen molar-refractivity contribution in [3.63, 3.8) is 0 Å². The van der Waals surface area contributed by atoms with Gasteiger partial charge >= 0.3 is 0 Å². The van der Waals surface area contributed by atoms with Crippen LogP contribution in [0.1, 0.15) is 67.7 Å². The first-order valence-electron chi connectivity index (χ1n) is 12.5. The van der Waals surface area contributed by atoms with Crippen LogP contribution in [-0.2, 0) is 24.3 Å². The molecule has 1 aliphatic rings. The Kier molecular flexibility index (Phi) is 10.2. The van der Waals surface area contributed by atoms with Gasteiger partial charge in [0.2, 0.25) is 5.91 Å². The van der Waals surface area contributed by atoms with Crippen molar-refractivity contribution in [2.75, 3.05) is 33.4 Å². The lowest BCUT2D eigenvalue weighted by molar-refractivity contribution is -0.122. The Labute approximate surface area is 204 Å². The molecule has 0 spiro atoms. The molecule has 6 nitrogen and oxygen atoms in total. The highest BCUT2D eigenvalue weighted by molar-refractivity contribution is 5.78. The number of fused-ring (bicyclic) bond motifs is 1. The van der Waals surface area contributed by atoms with Crippen LogP contribution in [0.3, 0.4) is 0 Å². The standard InChI is InChI=1S/C28H40N2O4/c1-21(2)23-10-12-26(33-3)25(17-23)19-30-18-24-16-22(8-7-14-31)9-11-27(24)34-15-6-4-5-13-29-28(32)20-30/h9-12,16-17,21,31H,4-8,13-15,18-20H2,1-3H3,(H,29,32). The van der Waals surface area contributed by atoms with E-state index >= 15 is 0 Å². The fourth-order valence-corrected chi connectivity index (χ4v) is 4.34. The molecular weight excluding hydrogens is 428 g/mol. The summed E-state index contributed by atoms with van der Waals surface area (Å²) in [5.74, 6) is 2.16. The largest absolute Gasteiger partial charge is 0.496 e. The number of ether oxygens (including phenoxy) is 2. The number of carbonyl (C=O) groups is 1. The number of carbonyl (C=O) groups excluding carboxylic acids is 1. The lowest BCUT2D eigenvalue weighted by Crippen LogP contribution is -2.37. The zero-order valence-corrected chi connectivity index (χ0v) is 20.9. The molecule has 0 atom stereocenters. The molecule has 2 N–H and O–H groups in total. The number of hydrogen-bond donors (Lipinski definition) is 2. The van der Waals surface area contributed by atoms with E-state index in [1.54, 1.807) is 7.11 Å². The predicted molar refractivity (Wildman–Crippen MR) is 135 cm³/mol. The molecule has 0 fully saturated rings. The first kappa shape index (κ1) is 26.0. The van der Waals surface area contributed by atoms with Gasteiger partial charge in [0.25, 0.3) is 0 Å². The second kappa shape index (κ2) is 13.4. The van der Waals surface area contributed by atoms with Crippen molar-refractivity contribution in [3.05, 3.63) is 58.7 Å². The number of amides is 1. The fourth-order valence-electron chi connectivity index (χ4n) is 4.34. The molecule has 1 amide bonds. The number of methoxy groups -OCH3 is 1. The molecule has 3 rings (SSSR count). The topological polar surface area (TPSA) is 71.0 Å². The summed E-state index contributed by atoms with van der Waals surface area (Å²) in [6.07, 6.45) is 4.48. The van der Waals surface area contributed by atoms with Gasteiger partial charge in [-0.2, -0.15) is 0 Å². The Morgan fingerprint density at radius 3 is 2.74 bits per heavy atom. The second-order valence-corrected chi connectivity index (χ2v) is 9.40. The number of hydrogen-bond acceptors (Lipinski definition) is 5. The van der Waals surface area contributed by atoms with Gasteiger partial charge in [0.15, 0.2) is 0 Å². The van der Waals surface area contributed by atoms with Crippen LogP contribution in [-0.4, -0.2) is 49.3 Å². The van der Waals surface area contributed by atoms with Gasteiger partial charge in [-0.15, -0.1) is 0 Å². The molecule has 1 heterocycles. The van der Waals surface area contributed by atoms with Crippen molar-refractivity contribution in [1.29, 1.82) is 0 Å².